The molecule has 1 rings (SSSR count). The average molecular weight is 335 g/mol. The largest absolute Gasteiger partial charge is 0.385 e. The van der Waals surface area contributed by atoms with Crippen LogP contribution in [0, 0.1) is 0 Å². The maximum atomic E-state index is 12.4. The third-order valence-corrected chi connectivity index (χ3v) is 5.88. The fraction of sp³-hybridized carbons (Fsp3) is 0.929. The molecule has 0 radical (unpaired) electrons. The van der Waals surface area contributed by atoms with Crippen molar-refractivity contribution >= 4 is 15.9 Å². The summed E-state index contributed by atoms with van der Waals surface area (Å²) >= 11 is 0. The van der Waals surface area contributed by atoms with E-state index >= 15 is 0 Å². The predicted octanol–water partition coefficient (Wildman–Crippen LogP) is 0.0144. The van der Waals surface area contributed by atoms with Gasteiger partial charge in [0.15, 0.2) is 0 Å². The first-order chi connectivity index (χ1) is 10.2. The molecule has 1 saturated heterocycles. The topological polar surface area (TPSA) is 92.9 Å². The van der Waals surface area contributed by atoms with Crippen molar-refractivity contribution in [2.45, 2.75) is 38.6 Å². The lowest BCUT2D eigenvalue weighted by atomic mass is 9.95. The van der Waals surface area contributed by atoms with Gasteiger partial charge in [-0.15, -0.1) is 0 Å². The highest BCUT2D eigenvalue weighted by atomic mass is 32.2. The lowest BCUT2D eigenvalue weighted by molar-refractivity contribution is -0.137. The van der Waals surface area contributed by atoms with E-state index in [4.69, 9.17) is 10.5 Å². The molecule has 2 N–H and O–H groups in total. The quantitative estimate of drug-likeness (QED) is 0.631. The van der Waals surface area contributed by atoms with Crippen LogP contribution in [0.2, 0.25) is 0 Å². The molecule has 8 heteroatoms. The minimum absolute atomic E-state index is 0.0826. The van der Waals surface area contributed by atoms with Crippen LogP contribution in [0.3, 0.4) is 0 Å². The van der Waals surface area contributed by atoms with Gasteiger partial charge in [-0.1, -0.05) is 13.3 Å². The van der Waals surface area contributed by atoms with Gasteiger partial charge in [0.1, 0.15) is 0 Å². The van der Waals surface area contributed by atoms with E-state index < -0.39 is 15.6 Å². The van der Waals surface area contributed by atoms with Gasteiger partial charge in [0.05, 0.1) is 11.3 Å². The second kappa shape index (κ2) is 8.24. The second-order valence-corrected chi connectivity index (χ2v) is 8.11. The normalized spacial score (nSPS) is 19.9. The Labute approximate surface area is 133 Å². The van der Waals surface area contributed by atoms with Gasteiger partial charge in [-0.3, -0.25) is 4.79 Å². The van der Waals surface area contributed by atoms with Crippen molar-refractivity contribution in [2.75, 3.05) is 45.6 Å². The third-order valence-electron chi connectivity index (χ3n) is 3.93. The van der Waals surface area contributed by atoms with E-state index in [1.54, 1.807) is 18.9 Å². The highest BCUT2D eigenvalue weighted by Crippen LogP contribution is 2.16. The SMILES string of the molecule is CCCC(C)(N)C(=O)N1CCN(S(=O)(=O)CCCOC)CC1. The van der Waals surface area contributed by atoms with E-state index in [-0.39, 0.29) is 11.7 Å². The zero-order valence-corrected chi connectivity index (χ0v) is 14.7. The van der Waals surface area contributed by atoms with Gasteiger partial charge in [0, 0.05) is 39.9 Å². The van der Waals surface area contributed by atoms with Crippen LogP contribution in [-0.2, 0) is 19.6 Å². The van der Waals surface area contributed by atoms with E-state index in [0.717, 1.165) is 6.42 Å². The molecule has 1 heterocycles. The summed E-state index contributed by atoms with van der Waals surface area (Å²) in [5.74, 6) is -0.00930. The maximum Gasteiger partial charge on any atom is 0.242 e. The molecule has 1 aliphatic rings. The fourth-order valence-corrected chi connectivity index (χ4v) is 4.13. The highest BCUT2D eigenvalue weighted by molar-refractivity contribution is 7.89. The molecule has 1 amide bonds. The number of sulfonamides is 1. The number of carbonyl (C=O) groups excluding carboxylic acids is 1. The molecule has 0 spiro atoms. The van der Waals surface area contributed by atoms with Crippen LogP contribution in [0.1, 0.15) is 33.1 Å². The van der Waals surface area contributed by atoms with Crippen LogP contribution >= 0.6 is 0 Å². The minimum Gasteiger partial charge on any atom is -0.385 e. The molecule has 0 aromatic rings. The molecule has 1 unspecified atom stereocenters. The molecule has 130 valence electrons. The van der Waals surface area contributed by atoms with Gasteiger partial charge < -0.3 is 15.4 Å². The summed E-state index contributed by atoms with van der Waals surface area (Å²) in [6.45, 7) is 5.64. The number of rotatable bonds is 8. The Morgan fingerprint density at radius 1 is 1.27 bits per heavy atom. The Hall–Kier alpha value is -0.700. The predicted molar refractivity (Wildman–Crippen MR) is 85.9 cm³/mol. The lowest BCUT2D eigenvalue weighted by Gasteiger charge is -2.38. The number of carbonyl (C=O) groups is 1. The van der Waals surface area contributed by atoms with Crippen molar-refractivity contribution in [3.8, 4) is 0 Å². The van der Waals surface area contributed by atoms with Crippen LogP contribution in [0.4, 0.5) is 0 Å². The molecular weight excluding hydrogens is 306 g/mol. The van der Waals surface area contributed by atoms with Gasteiger partial charge >= 0.3 is 0 Å². The number of methoxy groups -OCH3 is 1. The van der Waals surface area contributed by atoms with Crippen LogP contribution in [0.5, 0.6) is 0 Å². The lowest BCUT2D eigenvalue weighted by Crippen LogP contribution is -2.58. The van der Waals surface area contributed by atoms with Gasteiger partial charge in [-0.2, -0.15) is 4.31 Å². The molecule has 0 bridgehead atoms. The number of nitrogens with two attached hydrogens (primary N) is 1. The van der Waals surface area contributed by atoms with Crippen LogP contribution in [0.25, 0.3) is 0 Å². The van der Waals surface area contributed by atoms with E-state index in [1.807, 2.05) is 6.92 Å². The first kappa shape index (κ1) is 19.3. The summed E-state index contributed by atoms with van der Waals surface area (Å²) in [7, 11) is -1.71. The van der Waals surface area contributed by atoms with Crippen molar-refractivity contribution in [3.63, 3.8) is 0 Å². The fourth-order valence-electron chi connectivity index (χ4n) is 2.67. The molecule has 1 aliphatic heterocycles. The molecule has 22 heavy (non-hydrogen) atoms. The number of hydrogen-bond acceptors (Lipinski definition) is 5. The molecular formula is C14H29N3O4S. The second-order valence-electron chi connectivity index (χ2n) is 6.02. The number of ether oxygens (including phenoxy) is 1. The zero-order chi connectivity index (χ0) is 16.8. The van der Waals surface area contributed by atoms with E-state index in [1.165, 1.54) is 4.31 Å². The van der Waals surface area contributed by atoms with Gasteiger partial charge in [-0.25, -0.2) is 8.42 Å². The summed E-state index contributed by atoms with van der Waals surface area (Å²) in [4.78, 5) is 14.1. The van der Waals surface area contributed by atoms with E-state index in [2.05, 4.69) is 0 Å². The Morgan fingerprint density at radius 3 is 2.36 bits per heavy atom. The average Bonchev–Trinajstić information content (AvgIpc) is 2.46. The number of piperazine rings is 1. The van der Waals surface area contributed by atoms with Gasteiger partial charge in [-0.05, 0) is 19.8 Å². The third kappa shape index (κ3) is 5.19. The molecule has 0 aromatic heterocycles. The molecule has 7 nitrogen and oxygen atoms in total. The highest BCUT2D eigenvalue weighted by Gasteiger charge is 2.35. The van der Waals surface area contributed by atoms with E-state index in [9.17, 15) is 13.2 Å². The molecule has 0 aromatic carbocycles. The number of amides is 1. The standard InChI is InChI=1S/C14H29N3O4S/c1-4-6-14(2,15)13(18)16-7-9-17(10-8-16)22(19,20)12-5-11-21-3/h4-12,15H2,1-3H3. The van der Waals surface area contributed by atoms with Crippen molar-refractivity contribution in [1.82, 2.24) is 9.21 Å². The molecule has 0 saturated carbocycles. The Bertz CT molecular complexity index is 457. The molecule has 1 fully saturated rings. The summed E-state index contributed by atoms with van der Waals surface area (Å²) in [5.41, 5.74) is 5.20. The summed E-state index contributed by atoms with van der Waals surface area (Å²) in [6.07, 6.45) is 1.95. The Balaban J connectivity index is 2.54. The van der Waals surface area contributed by atoms with Crippen LogP contribution < -0.4 is 5.73 Å². The Morgan fingerprint density at radius 2 is 1.86 bits per heavy atom. The van der Waals surface area contributed by atoms with Crippen molar-refractivity contribution in [3.05, 3.63) is 0 Å². The van der Waals surface area contributed by atoms with Crippen molar-refractivity contribution in [1.29, 1.82) is 0 Å². The van der Waals surface area contributed by atoms with Crippen molar-refractivity contribution < 1.29 is 17.9 Å². The summed E-state index contributed by atoms with van der Waals surface area (Å²) < 4.78 is 30.7. The first-order valence-corrected chi connectivity index (χ1v) is 9.40. The summed E-state index contributed by atoms with van der Waals surface area (Å²) in [5, 5.41) is 0. The first-order valence-electron chi connectivity index (χ1n) is 7.79. The molecule has 0 aliphatic carbocycles. The number of hydrogen-bond donors (Lipinski definition) is 1. The maximum absolute atomic E-state index is 12.4. The Kier molecular flexibility index (Phi) is 7.24. The van der Waals surface area contributed by atoms with Crippen molar-refractivity contribution in [2.24, 2.45) is 5.73 Å². The zero-order valence-electron chi connectivity index (χ0n) is 13.9. The van der Waals surface area contributed by atoms with Gasteiger partial charge in [0.2, 0.25) is 15.9 Å². The van der Waals surface area contributed by atoms with Crippen LogP contribution in [-0.4, -0.2) is 74.7 Å². The summed E-state index contributed by atoms with van der Waals surface area (Å²) in [6, 6.07) is 0. The van der Waals surface area contributed by atoms with E-state index in [0.29, 0.717) is 45.6 Å². The monoisotopic (exact) mass is 335 g/mol. The number of nitrogens with zero attached hydrogens (tertiary/aromatic N) is 2. The molecule has 1 atom stereocenters. The van der Waals surface area contributed by atoms with Crippen LogP contribution in [0.15, 0.2) is 0 Å². The smallest absolute Gasteiger partial charge is 0.242 e. The van der Waals surface area contributed by atoms with Gasteiger partial charge in [0.25, 0.3) is 0 Å². The minimum atomic E-state index is -3.27.